The Kier molecular flexibility index (Phi) is 6.05. The number of aryl methyl sites for hydroxylation is 1. The number of methoxy groups -OCH3 is 2. The van der Waals surface area contributed by atoms with Gasteiger partial charge in [0, 0.05) is 19.2 Å². The summed E-state index contributed by atoms with van der Waals surface area (Å²) in [6.07, 6.45) is 0. The number of benzene rings is 2. The summed E-state index contributed by atoms with van der Waals surface area (Å²) in [5.41, 5.74) is 2.19. The molecular formula is C19H23NO5S. The minimum absolute atomic E-state index is 0.108. The second-order valence-corrected chi connectivity index (χ2v) is 8.02. The molecule has 7 heteroatoms. The number of carbonyl (C=O) groups excluding carboxylic acids is 1. The van der Waals surface area contributed by atoms with E-state index in [-0.39, 0.29) is 17.2 Å². The smallest absolute Gasteiger partial charge is 0.243 e. The minimum atomic E-state index is -3.68. The lowest BCUT2D eigenvalue weighted by Gasteiger charge is -2.20. The van der Waals surface area contributed by atoms with Crippen LogP contribution in [0.25, 0.3) is 0 Å². The van der Waals surface area contributed by atoms with Gasteiger partial charge in [-0.2, -0.15) is 4.31 Å². The van der Waals surface area contributed by atoms with Crippen LogP contribution in [0, 0.1) is 6.92 Å². The average Bonchev–Trinajstić information content (AvgIpc) is 2.62. The second kappa shape index (κ2) is 7.88. The highest BCUT2D eigenvalue weighted by molar-refractivity contribution is 7.89. The van der Waals surface area contributed by atoms with Crippen molar-refractivity contribution in [2.45, 2.75) is 25.3 Å². The van der Waals surface area contributed by atoms with Crippen LogP contribution < -0.4 is 9.47 Å². The fourth-order valence-corrected chi connectivity index (χ4v) is 3.71. The number of ether oxygens (including phenoxy) is 2. The number of ketones is 1. The summed E-state index contributed by atoms with van der Waals surface area (Å²) in [7, 11) is 0.926. The van der Waals surface area contributed by atoms with Gasteiger partial charge in [-0.1, -0.05) is 12.1 Å². The van der Waals surface area contributed by atoms with Gasteiger partial charge in [-0.3, -0.25) is 4.79 Å². The predicted octanol–water partition coefficient (Wildman–Crippen LogP) is 3.04. The number of sulfonamides is 1. The van der Waals surface area contributed by atoms with Gasteiger partial charge in [-0.05, 0) is 49.2 Å². The van der Waals surface area contributed by atoms with Gasteiger partial charge >= 0.3 is 0 Å². The van der Waals surface area contributed by atoms with E-state index in [4.69, 9.17) is 9.47 Å². The summed E-state index contributed by atoms with van der Waals surface area (Å²) in [6.45, 7) is 3.51. The SMILES string of the molecule is COc1cc(C)c(CN(C)S(=O)(=O)c2ccc(C(C)=O)cc2)cc1OC. The Morgan fingerprint density at radius 1 is 1.04 bits per heavy atom. The maximum absolute atomic E-state index is 12.8. The zero-order valence-corrected chi connectivity index (χ0v) is 16.4. The molecule has 0 saturated heterocycles. The van der Waals surface area contributed by atoms with Crippen molar-refractivity contribution in [3.05, 3.63) is 53.1 Å². The molecule has 6 nitrogen and oxygen atoms in total. The quantitative estimate of drug-likeness (QED) is 0.694. The average molecular weight is 377 g/mol. The first-order chi connectivity index (χ1) is 12.2. The molecule has 0 aliphatic heterocycles. The summed E-state index contributed by atoms with van der Waals surface area (Å²) in [4.78, 5) is 11.5. The maximum Gasteiger partial charge on any atom is 0.243 e. The van der Waals surface area contributed by atoms with Crippen LogP contribution >= 0.6 is 0 Å². The van der Waals surface area contributed by atoms with E-state index >= 15 is 0 Å². The normalized spacial score (nSPS) is 11.5. The number of carbonyl (C=O) groups is 1. The van der Waals surface area contributed by atoms with E-state index in [9.17, 15) is 13.2 Å². The lowest BCUT2D eigenvalue weighted by atomic mass is 10.1. The van der Waals surface area contributed by atoms with Gasteiger partial charge in [-0.25, -0.2) is 8.42 Å². The highest BCUT2D eigenvalue weighted by Gasteiger charge is 2.22. The first-order valence-electron chi connectivity index (χ1n) is 7.99. The molecule has 0 spiro atoms. The molecule has 0 aromatic heterocycles. The summed E-state index contributed by atoms with van der Waals surface area (Å²) >= 11 is 0. The topological polar surface area (TPSA) is 72.9 Å². The Labute approximate surface area is 154 Å². The molecule has 0 radical (unpaired) electrons. The van der Waals surface area contributed by atoms with Crippen molar-refractivity contribution in [2.75, 3.05) is 21.3 Å². The van der Waals surface area contributed by atoms with E-state index in [0.29, 0.717) is 17.1 Å². The number of nitrogens with zero attached hydrogens (tertiary/aromatic N) is 1. The lowest BCUT2D eigenvalue weighted by molar-refractivity contribution is 0.101. The molecule has 0 aliphatic carbocycles. The van der Waals surface area contributed by atoms with Gasteiger partial charge in [0.15, 0.2) is 17.3 Å². The van der Waals surface area contributed by atoms with Crippen LogP contribution in [0.5, 0.6) is 11.5 Å². The summed E-state index contributed by atoms with van der Waals surface area (Å²) in [5, 5.41) is 0. The molecule has 0 amide bonds. The van der Waals surface area contributed by atoms with Crippen molar-refractivity contribution >= 4 is 15.8 Å². The molecule has 0 bridgehead atoms. The Bertz CT molecular complexity index is 904. The third-order valence-electron chi connectivity index (χ3n) is 4.20. The van der Waals surface area contributed by atoms with Gasteiger partial charge in [0.05, 0.1) is 19.1 Å². The Hall–Kier alpha value is -2.38. The van der Waals surface area contributed by atoms with Crippen molar-refractivity contribution < 1.29 is 22.7 Å². The van der Waals surface area contributed by atoms with Crippen LogP contribution in [0.2, 0.25) is 0 Å². The molecule has 0 N–H and O–H groups in total. The maximum atomic E-state index is 12.8. The Morgan fingerprint density at radius 2 is 1.58 bits per heavy atom. The number of hydrogen-bond donors (Lipinski definition) is 0. The van der Waals surface area contributed by atoms with Crippen LogP contribution in [0.4, 0.5) is 0 Å². The number of hydrogen-bond acceptors (Lipinski definition) is 5. The molecule has 2 aromatic carbocycles. The van der Waals surface area contributed by atoms with Crippen LogP contribution in [0.3, 0.4) is 0 Å². The number of Topliss-reactive ketones (excluding diaryl/α,β-unsaturated/α-hetero) is 1. The highest BCUT2D eigenvalue weighted by Crippen LogP contribution is 2.31. The summed E-state index contributed by atoms with van der Waals surface area (Å²) in [6, 6.07) is 9.53. The molecule has 0 heterocycles. The fourth-order valence-electron chi connectivity index (χ4n) is 2.56. The van der Waals surface area contributed by atoms with E-state index in [1.165, 1.54) is 49.7 Å². The summed E-state index contributed by atoms with van der Waals surface area (Å²) < 4.78 is 37.4. The Morgan fingerprint density at radius 3 is 2.08 bits per heavy atom. The molecular weight excluding hydrogens is 354 g/mol. The molecule has 140 valence electrons. The van der Waals surface area contributed by atoms with Crippen molar-refractivity contribution in [1.82, 2.24) is 4.31 Å². The van der Waals surface area contributed by atoms with Crippen LogP contribution in [0.15, 0.2) is 41.3 Å². The van der Waals surface area contributed by atoms with Crippen LogP contribution in [0.1, 0.15) is 28.4 Å². The predicted molar refractivity (Wildman–Crippen MR) is 99.4 cm³/mol. The zero-order chi connectivity index (χ0) is 19.5. The van der Waals surface area contributed by atoms with E-state index in [2.05, 4.69) is 0 Å². The molecule has 26 heavy (non-hydrogen) atoms. The molecule has 0 aliphatic rings. The van der Waals surface area contributed by atoms with Crippen molar-refractivity contribution in [1.29, 1.82) is 0 Å². The lowest BCUT2D eigenvalue weighted by Crippen LogP contribution is -2.27. The molecule has 0 unspecified atom stereocenters. The molecule has 2 aromatic rings. The first-order valence-corrected chi connectivity index (χ1v) is 9.43. The monoisotopic (exact) mass is 377 g/mol. The van der Waals surface area contributed by atoms with Gasteiger partial charge in [-0.15, -0.1) is 0 Å². The standard InChI is InChI=1S/C19H23NO5S/c1-13-10-18(24-4)19(25-5)11-16(13)12-20(3)26(22,23)17-8-6-15(7-9-17)14(2)21/h6-11H,12H2,1-5H3. The zero-order valence-electron chi connectivity index (χ0n) is 15.6. The van der Waals surface area contributed by atoms with Crippen molar-refractivity contribution in [3.8, 4) is 11.5 Å². The van der Waals surface area contributed by atoms with Crippen molar-refractivity contribution in [2.24, 2.45) is 0 Å². The van der Waals surface area contributed by atoms with E-state index in [0.717, 1.165) is 11.1 Å². The molecule has 2 rings (SSSR count). The number of rotatable bonds is 7. The third-order valence-corrected chi connectivity index (χ3v) is 6.02. The fraction of sp³-hybridized carbons (Fsp3) is 0.316. The summed E-state index contributed by atoms with van der Waals surface area (Å²) in [5.74, 6) is 1.03. The third kappa shape index (κ3) is 4.05. The van der Waals surface area contributed by atoms with Gasteiger partial charge in [0.1, 0.15) is 0 Å². The Balaban J connectivity index is 2.31. The largest absolute Gasteiger partial charge is 0.493 e. The van der Waals surface area contributed by atoms with E-state index in [1.54, 1.807) is 13.2 Å². The highest BCUT2D eigenvalue weighted by atomic mass is 32.2. The van der Waals surface area contributed by atoms with Gasteiger partial charge < -0.3 is 9.47 Å². The first kappa shape index (κ1) is 19.9. The molecule has 0 atom stereocenters. The van der Waals surface area contributed by atoms with E-state index in [1.807, 2.05) is 13.0 Å². The second-order valence-electron chi connectivity index (χ2n) is 5.98. The molecule has 0 saturated carbocycles. The van der Waals surface area contributed by atoms with Gasteiger partial charge in [0.2, 0.25) is 10.0 Å². The minimum Gasteiger partial charge on any atom is -0.493 e. The molecule has 0 fully saturated rings. The van der Waals surface area contributed by atoms with Crippen LogP contribution in [-0.2, 0) is 16.6 Å². The van der Waals surface area contributed by atoms with E-state index < -0.39 is 10.0 Å². The van der Waals surface area contributed by atoms with Gasteiger partial charge in [0.25, 0.3) is 0 Å². The van der Waals surface area contributed by atoms with Crippen LogP contribution in [-0.4, -0.2) is 39.8 Å². The van der Waals surface area contributed by atoms with Crippen molar-refractivity contribution in [3.63, 3.8) is 0 Å².